The number of aromatic nitrogens is 1. The van der Waals surface area contributed by atoms with E-state index in [1.54, 1.807) is 12.1 Å². The second-order valence-corrected chi connectivity index (χ2v) is 7.63. The summed E-state index contributed by atoms with van der Waals surface area (Å²) in [5, 5.41) is 0. The third-order valence-corrected chi connectivity index (χ3v) is 4.29. The van der Waals surface area contributed by atoms with Crippen molar-refractivity contribution in [2.75, 3.05) is 0 Å². The van der Waals surface area contributed by atoms with Gasteiger partial charge in [-0.15, -0.1) is 0 Å². The van der Waals surface area contributed by atoms with Crippen molar-refractivity contribution >= 4 is 40.6 Å². The van der Waals surface area contributed by atoms with Crippen LogP contribution in [0.3, 0.4) is 0 Å². The minimum atomic E-state index is -1.99. The molecule has 0 saturated carbocycles. The van der Waals surface area contributed by atoms with Gasteiger partial charge in [0.05, 0.1) is 11.7 Å². The molecule has 122 valence electrons. The maximum absolute atomic E-state index is 12.5. The average molecular weight is 379 g/mol. The number of alkyl halides is 3. The van der Waals surface area contributed by atoms with Crippen LogP contribution < -0.4 is 0 Å². The third kappa shape index (κ3) is 3.51. The van der Waals surface area contributed by atoms with Gasteiger partial charge >= 0.3 is 0 Å². The lowest BCUT2D eigenvalue weighted by molar-refractivity contribution is 0.0987. The molecule has 0 radical (unpaired) electrons. The van der Waals surface area contributed by atoms with Crippen molar-refractivity contribution in [3.8, 4) is 0 Å². The number of ketones is 1. The van der Waals surface area contributed by atoms with Crippen molar-refractivity contribution in [2.45, 2.75) is 9.83 Å². The highest BCUT2D eigenvalue weighted by atomic mass is 35.6. The van der Waals surface area contributed by atoms with Gasteiger partial charge in [0.15, 0.2) is 0 Å². The summed E-state index contributed by atoms with van der Waals surface area (Å²) in [4.78, 5) is 12.5. The van der Waals surface area contributed by atoms with Crippen LogP contribution in [0.2, 0.25) is 0 Å². The van der Waals surface area contributed by atoms with Gasteiger partial charge in [-0.3, -0.25) is 4.79 Å². The van der Waals surface area contributed by atoms with Gasteiger partial charge in [-0.2, -0.15) is 0 Å². The van der Waals surface area contributed by atoms with E-state index in [0.29, 0.717) is 5.69 Å². The van der Waals surface area contributed by atoms with Gasteiger partial charge in [0, 0.05) is 6.20 Å². The first-order valence-corrected chi connectivity index (χ1v) is 8.50. The smallest absolute Gasteiger partial charge is 0.255 e. The van der Waals surface area contributed by atoms with Gasteiger partial charge in [-0.05, 0) is 23.3 Å². The number of halogens is 3. The summed E-state index contributed by atoms with van der Waals surface area (Å²) in [6, 6.07) is 23.1. The summed E-state index contributed by atoms with van der Waals surface area (Å²) in [6.07, 6.45) is 1.83. The first-order chi connectivity index (χ1) is 11.5. The molecule has 2 aromatic carbocycles. The maximum atomic E-state index is 12.5. The zero-order valence-corrected chi connectivity index (χ0v) is 14.8. The maximum Gasteiger partial charge on any atom is 0.255 e. The standard InChI is InChI=1S/C19H14Cl3NO/c20-19(21,22)18(24)16-12-7-13-23(16)17(14-8-3-1-4-9-14)15-10-5-2-6-11-15/h1-13,17H. The highest BCUT2D eigenvalue weighted by Crippen LogP contribution is 2.34. The van der Waals surface area contributed by atoms with Crippen LogP contribution in [0.5, 0.6) is 0 Å². The predicted octanol–water partition coefficient (Wildman–Crippen LogP) is 5.68. The molecular weight excluding hydrogens is 365 g/mol. The molecule has 2 nitrogen and oxygen atoms in total. The fourth-order valence-electron chi connectivity index (χ4n) is 2.74. The minimum absolute atomic E-state index is 0.186. The number of carbonyl (C=O) groups is 1. The Bertz CT molecular complexity index is 783. The molecule has 0 amide bonds. The van der Waals surface area contributed by atoms with Crippen molar-refractivity contribution in [2.24, 2.45) is 0 Å². The molecule has 5 heteroatoms. The zero-order valence-electron chi connectivity index (χ0n) is 12.6. The minimum Gasteiger partial charge on any atom is -0.333 e. The van der Waals surface area contributed by atoms with Crippen LogP contribution in [-0.2, 0) is 0 Å². The molecule has 0 aliphatic rings. The molecule has 0 unspecified atom stereocenters. The van der Waals surface area contributed by atoms with Crippen molar-refractivity contribution in [3.05, 3.63) is 95.8 Å². The molecule has 0 aliphatic carbocycles. The molecule has 0 saturated heterocycles. The Morgan fingerprint density at radius 1 is 0.792 bits per heavy atom. The van der Waals surface area contributed by atoms with Gasteiger partial charge in [0.25, 0.3) is 3.79 Å². The summed E-state index contributed by atoms with van der Waals surface area (Å²) in [5.74, 6) is -0.547. The molecule has 24 heavy (non-hydrogen) atoms. The number of hydrogen-bond acceptors (Lipinski definition) is 1. The highest BCUT2D eigenvalue weighted by Gasteiger charge is 2.34. The molecule has 0 bridgehead atoms. The van der Waals surface area contributed by atoms with E-state index in [4.69, 9.17) is 34.8 Å². The Morgan fingerprint density at radius 2 is 1.29 bits per heavy atom. The van der Waals surface area contributed by atoms with Gasteiger partial charge in [0.1, 0.15) is 0 Å². The van der Waals surface area contributed by atoms with Crippen LogP contribution in [0.4, 0.5) is 0 Å². The quantitative estimate of drug-likeness (QED) is 0.423. The molecule has 1 heterocycles. The van der Waals surface area contributed by atoms with E-state index < -0.39 is 9.58 Å². The summed E-state index contributed by atoms with van der Waals surface area (Å²) in [7, 11) is 0. The largest absolute Gasteiger partial charge is 0.333 e. The second kappa shape index (κ2) is 7.02. The lowest BCUT2D eigenvalue weighted by Crippen LogP contribution is -2.24. The molecule has 3 rings (SSSR count). The first kappa shape index (κ1) is 17.1. The van der Waals surface area contributed by atoms with Crippen LogP contribution in [0.1, 0.15) is 27.7 Å². The van der Waals surface area contributed by atoms with Crippen LogP contribution in [-0.4, -0.2) is 14.1 Å². The first-order valence-electron chi connectivity index (χ1n) is 7.37. The van der Waals surface area contributed by atoms with Crippen molar-refractivity contribution in [1.82, 2.24) is 4.57 Å². The number of nitrogens with zero attached hydrogens (tertiary/aromatic N) is 1. The summed E-state index contributed by atoms with van der Waals surface area (Å²) in [5.41, 5.74) is 2.43. The van der Waals surface area contributed by atoms with E-state index in [1.807, 2.05) is 71.4 Å². The number of carbonyl (C=O) groups excluding carboxylic acids is 1. The van der Waals surface area contributed by atoms with Gasteiger partial charge in [-0.1, -0.05) is 95.5 Å². The molecule has 0 atom stereocenters. The zero-order chi connectivity index (χ0) is 17.2. The molecule has 1 aromatic heterocycles. The molecule has 0 spiro atoms. The lowest BCUT2D eigenvalue weighted by atomic mass is 9.98. The Labute approximate surface area is 155 Å². The van der Waals surface area contributed by atoms with E-state index in [-0.39, 0.29) is 6.04 Å². The van der Waals surface area contributed by atoms with Crippen LogP contribution in [0.15, 0.2) is 79.0 Å². The number of rotatable bonds is 4. The highest BCUT2D eigenvalue weighted by molar-refractivity contribution is 6.77. The van der Waals surface area contributed by atoms with E-state index in [0.717, 1.165) is 11.1 Å². The fourth-order valence-corrected chi connectivity index (χ4v) is 3.03. The number of Topliss-reactive ketones (excluding diaryl/α,β-unsaturated/α-hetero) is 1. The Kier molecular flexibility index (Phi) is 5.00. The van der Waals surface area contributed by atoms with Crippen LogP contribution in [0, 0.1) is 0 Å². The Balaban J connectivity index is 2.15. The van der Waals surface area contributed by atoms with Crippen molar-refractivity contribution < 1.29 is 4.79 Å². The Morgan fingerprint density at radius 3 is 1.75 bits per heavy atom. The van der Waals surface area contributed by atoms with E-state index >= 15 is 0 Å². The average Bonchev–Trinajstić information content (AvgIpc) is 3.04. The van der Waals surface area contributed by atoms with Crippen molar-refractivity contribution in [3.63, 3.8) is 0 Å². The SMILES string of the molecule is O=C(c1cccn1C(c1ccccc1)c1ccccc1)C(Cl)(Cl)Cl. The molecule has 3 aromatic rings. The van der Waals surface area contributed by atoms with Gasteiger partial charge in [0.2, 0.25) is 5.78 Å². The topological polar surface area (TPSA) is 22.0 Å². The lowest BCUT2D eigenvalue weighted by Gasteiger charge is -2.23. The van der Waals surface area contributed by atoms with E-state index in [2.05, 4.69) is 0 Å². The molecule has 0 fully saturated rings. The fraction of sp³-hybridized carbons (Fsp3) is 0.105. The number of hydrogen-bond donors (Lipinski definition) is 0. The monoisotopic (exact) mass is 377 g/mol. The number of benzene rings is 2. The van der Waals surface area contributed by atoms with E-state index in [9.17, 15) is 4.79 Å². The van der Waals surface area contributed by atoms with Crippen LogP contribution >= 0.6 is 34.8 Å². The molecule has 0 aliphatic heterocycles. The van der Waals surface area contributed by atoms with Gasteiger partial charge in [-0.25, -0.2) is 0 Å². The predicted molar refractivity (Wildman–Crippen MR) is 99.2 cm³/mol. The van der Waals surface area contributed by atoms with Crippen LogP contribution in [0.25, 0.3) is 0 Å². The second-order valence-electron chi connectivity index (χ2n) is 5.35. The summed E-state index contributed by atoms with van der Waals surface area (Å²) in [6.45, 7) is 0. The third-order valence-electron chi connectivity index (χ3n) is 3.78. The van der Waals surface area contributed by atoms with E-state index in [1.165, 1.54) is 0 Å². The summed E-state index contributed by atoms with van der Waals surface area (Å²) >= 11 is 17.4. The molecule has 0 N–H and O–H groups in total. The normalized spacial score (nSPS) is 11.7. The van der Waals surface area contributed by atoms with Crippen molar-refractivity contribution in [1.29, 1.82) is 0 Å². The summed E-state index contributed by atoms with van der Waals surface area (Å²) < 4.78 is -0.150. The molecular formula is C19H14Cl3NO. The van der Waals surface area contributed by atoms with Gasteiger partial charge < -0.3 is 4.57 Å². The Hall–Kier alpha value is -1.74.